The summed E-state index contributed by atoms with van der Waals surface area (Å²) in [7, 11) is 0. The Labute approximate surface area is 100 Å². The highest BCUT2D eigenvalue weighted by Gasteiger charge is 1.85. The zero-order valence-electron chi connectivity index (χ0n) is 11.2. The van der Waals surface area contributed by atoms with Crippen molar-refractivity contribution in [3.63, 3.8) is 0 Å². The van der Waals surface area contributed by atoms with Crippen molar-refractivity contribution in [1.29, 1.82) is 0 Å². The van der Waals surface area contributed by atoms with Gasteiger partial charge < -0.3 is 0 Å². The smallest absolute Gasteiger partial charge is 0.0184 e. The van der Waals surface area contributed by atoms with E-state index in [1.807, 2.05) is 13.8 Å². The molecule has 0 heteroatoms. The van der Waals surface area contributed by atoms with Gasteiger partial charge >= 0.3 is 0 Å². The monoisotopic (exact) mass is 216 g/mol. The van der Waals surface area contributed by atoms with Crippen LogP contribution in [0.5, 0.6) is 0 Å². The summed E-state index contributed by atoms with van der Waals surface area (Å²) in [4.78, 5) is 0. The van der Waals surface area contributed by atoms with Gasteiger partial charge in [-0.05, 0) is 16.7 Å². The molecule has 2 aromatic rings. The van der Waals surface area contributed by atoms with E-state index >= 15 is 0 Å². The Bertz CT molecular complexity index is 306. The highest BCUT2D eigenvalue weighted by Crippen LogP contribution is 2.11. The maximum Gasteiger partial charge on any atom is -0.0184 e. The Balaban J connectivity index is 0.000000323. The summed E-state index contributed by atoms with van der Waals surface area (Å²) in [5.74, 6) is 0.833. The van der Waals surface area contributed by atoms with Crippen molar-refractivity contribution in [2.24, 2.45) is 5.92 Å². The second kappa shape index (κ2) is 8.96. The molecule has 0 bridgehead atoms. The second-order valence-electron chi connectivity index (χ2n) is 4.08. The molecule has 0 saturated heterocycles. The fourth-order valence-corrected chi connectivity index (χ4v) is 1.13. The predicted octanol–water partition coefficient (Wildman–Crippen LogP) is 5.53. The lowest BCUT2D eigenvalue weighted by Crippen LogP contribution is -1.67. The molecule has 16 heavy (non-hydrogen) atoms. The molecule has 2 aromatic carbocycles. The highest BCUT2D eigenvalue weighted by molar-refractivity contribution is 5.81. The van der Waals surface area contributed by atoms with Gasteiger partial charge in [0.25, 0.3) is 0 Å². The van der Waals surface area contributed by atoms with Crippen LogP contribution in [0.4, 0.5) is 0 Å². The first-order chi connectivity index (χ1) is 7.70. The summed E-state index contributed by atoms with van der Waals surface area (Å²) in [6, 6.07) is 16.7. The maximum atomic E-state index is 2.17. The van der Waals surface area contributed by atoms with Crippen LogP contribution in [-0.2, 0) is 0 Å². The van der Waals surface area contributed by atoms with Crippen molar-refractivity contribution in [3.05, 3.63) is 48.5 Å². The molecular weight excluding hydrogens is 192 g/mol. The molecule has 0 nitrogen and oxygen atoms in total. The molecule has 0 N–H and O–H groups in total. The Hall–Kier alpha value is -1.30. The molecule has 2 rings (SSSR count). The third-order valence-corrected chi connectivity index (χ3v) is 1.66. The Morgan fingerprint density at radius 1 is 0.625 bits per heavy atom. The van der Waals surface area contributed by atoms with Gasteiger partial charge in [0.05, 0.1) is 0 Å². The van der Waals surface area contributed by atoms with Gasteiger partial charge in [-0.2, -0.15) is 0 Å². The molecule has 0 unspecified atom stereocenters. The summed E-state index contributed by atoms with van der Waals surface area (Å²) in [6.45, 7) is 10.5. The minimum Gasteiger partial charge on any atom is -0.0683 e. The van der Waals surface area contributed by atoms with Gasteiger partial charge in [-0.25, -0.2) is 0 Å². The van der Waals surface area contributed by atoms with Crippen molar-refractivity contribution >= 4 is 10.8 Å². The van der Waals surface area contributed by atoms with Crippen LogP contribution in [0.3, 0.4) is 0 Å². The van der Waals surface area contributed by atoms with Crippen LogP contribution >= 0.6 is 0 Å². The van der Waals surface area contributed by atoms with Gasteiger partial charge in [0, 0.05) is 0 Å². The van der Waals surface area contributed by atoms with Crippen molar-refractivity contribution < 1.29 is 0 Å². The fraction of sp³-hybridized carbons (Fsp3) is 0.375. The van der Waals surface area contributed by atoms with Crippen molar-refractivity contribution in [2.45, 2.75) is 34.6 Å². The molecule has 0 aliphatic heterocycles. The van der Waals surface area contributed by atoms with Gasteiger partial charge in [0.1, 0.15) is 0 Å². The summed E-state index contributed by atoms with van der Waals surface area (Å²) in [6.07, 6.45) is 0. The minimum absolute atomic E-state index is 0.833. The van der Waals surface area contributed by atoms with Crippen LogP contribution in [-0.4, -0.2) is 0 Å². The molecular formula is C16H24. The molecule has 0 atom stereocenters. The van der Waals surface area contributed by atoms with Crippen LogP contribution in [0.1, 0.15) is 34.6 Å². The lowest BCUT2D eigenvalue weighted by atomic mass is 10.1. The molecule has 0 radical (unpaired) electrons. The topological polar surface area (TPSA) is 0 Å². The fourth-order valence-electron chi connectivity index (χ4n) is 1.13. The standard InChI is InChI=1S/C10H8.C4H10.C2H6/c1-2-6-10-8-4-3-7-9(10)5-1;1-4(2)3;1-2/h1-8H;4H,1-3H3;1-2H3. The molecule has 0 aliphatic rings. The van der Waals surface area contributed by atoms with E-state index in [4.69, 9.17) is 0 Å². The third kappa shape index (κ3) is 6.23. The van der Waals surface area contributed by atoms with Crippen molar-refractivity contribution in [3.8, 4) is 0 Å². The summed E-state index contributed by atoms with van der Waals surface area (Å²) >= 11 is 0. The van der Waals surface area contributed by atoms with E-state index in [1.54, 1.807) is 0 Å². The quantitative estimate of drug-likeness (QED) is 0.543. The number of hydrogen-bond acceptors (Lipinski definition) is 0. The summed E-state index contributed by atoms with van der Waals surface area (Å²) < 4.78 is 0. The molecule has 0 amide bonds. The largest absolute Gasteiger partial charge is 0.0683 e. The lowest BCUT2D eigenvalue weighted by molar-refractivity contribution is 0.737. The average Bonchev–Trinajstić information content (AvgIpc) is 2.31. The number of fused-ring (bicyclic) bond motifs is 1. The van der Waals surface area contributed by atoms with E-state index in [2.05, 4.69) is 69.3 Å². The lowest BCUT2D eigenvalue weighted by Gasteiger charge is -1.92. The second-order valence-corrected chi connectivity index (χ2v) is 4.08. The van der Waals surface area contributed by atoms with Crippen LogP contribution in [0.25, 0.3) is 10.8 Å². The highest BCUT2D eigenvalue weighted by atomic mass is 13.9. The van der Waals surface area contributed by atoms with Gasteiger partial charge in [0.15, 0.2) is 0 Å². The molecule has 0 aliphatic carbocycles. The molecule has 88 valence electrons. The van der Waals surface area contributed by atoms with Crippen LogP contribution in [0.15, 0.2) is 48.5 Å². The number of hydrogen-bond donors (Lipinski definition) is 0. The first-order valence-corrected chi connectivity index (χ1v) is 6.14. The summed E-state index contributed by atoms with van der Waals surface area (Å²) in [5, 5.41) is 2.62. The zero-order valence-corrected chi connectivity index (χ0v) is 11.2. The van der Waals surface area contributed by atoms with Crippen LogP contribution in [0, 0.1) is 5.92 Å². The maximum absolute atomic E-state index is 2.17. The van der Waals surface area contributed by atoms with E-state index in [0.717, 1.165) is 5.92 Å². The predicted molar refractivity (Wildman–Crippen MR) is 75.8 cm³/mol. The molecule has 0 aromatic heterocycles. The third-order valence-electron chi connectivity index (χ3n) is 1.66. The average molecular weight is 216 g/mol. The van der Waals surface area contributed by atoms with E-state index in [1.165, 1.54) is 10.8 Å². The number of benzene rings is 2. The van der Waals surface area contributed by atoms with Crippen LogP contribution in [0.2, 0.25) is 0 Å². The summed E-state index contributed by atoms with van der Waals surface area (Å²) in [5.41, 5.74) is 0. The van der Waals surface area contributed by atoms with E-state index in [9.17, 15) is 0 Å². The zero-order chi connectivity index (χ0) is 12.4. The molecule has 0 heterocycles. The van der Waals surface area contributed by atoms with Gasteiger partial charge in [-0.3, -0.25) is 0 Å². The van der Waals surface area contributed by atoms with Crippen LogP contribution < -0.4 is 0 Å². The van der Waals surface area contributed by atoms with E-state index < -0.39 is 0 Å². The van der Waals surface area contributed by atoms with Gasteiger partial charge in [0.2, 0.25) is 0 Å². The molecule has 0 saturated carbocycles. The van der Waals surface area contributed by atoms with E-state index in [-0.39, 0.29) is 0 Å². The van der Waals surface area contributed by atoms with E-state index in [0.29, 0.717) is 0 Å². The Morgan fingerprint density at radius 2 is 0.812 bits per heavy atom. The first kappa shape index (κ1) is 14.7. The first-order valence-electron chi connectivity index (χ1n) is 6.14. The number of rotatable bonds is 0. The minimum atomic E-state index is 0.833. The van der Waals surface area contributed by atoms with Crippen molar-refractivity contribution in [1.82, 2.24) is 0 Å². The Morgan fingerprint density at radius 3 is 1.00 bits per heavy atom. The molecule has 0 spiro atoms. The normalized spacial score (nSPS) is 8.88. The van der Waals surface area contributed by atoms with Gasteiger partial charge in [-0.1, -0.05) is 83.1 Å². The SMILES string of the molecule is CC.CC(C)C.c1ccc2ccccc2c1. The Kier molecular flexibility index (Phi) is 8.24. The molecule has 0 fully saturated rings. The van der Waals surface area contributed by atoms with Crippen molar-refractivity contribution in [2.75, 3.05) is 0 Å². The van der Waals surface area contributed by atoms with Gasteiger partial charge in [-0.15, -0.1) is 0 Å².